The van der Waals surface area contributed by atoms with Crippen LogP contribution in [0.2, 0.25) is 0 Å². The Morgan fingerprint density at radius 2 is 2.23 bits per heavy atom. The van der Waals surface area contributed by atoms with Crippen molar-refractivity contribution in [3.8, 4) is 6.07 Å². The number of allylic oxidation sites excluding steroid dienone is 3. The molecule has 0 aromatic rings. The van der Waals surface area contributed by atoms with E-state index in [1.165, 1.54) is 6.08 Å². The molecule has 6 heteroatoms. The molecule has 2 heterocycles. The molecule has 0 radical (unpaired) electrons. The highest BCUT2D eigenvalue weighted by atomic mass is 16.2. The first-order valence-corrected chi connectivity index (χ1v) is 7.64. The van der Waals surface area contributed by atoms with Gasteiger partial charge in [0.05, 0.1) is 6.08 Å². The molecule has 0 bridgehead atoms. The number of nitriles is 1. The summed E-state index contributed by atoms with van der Waals surface area (Å²) in [6, 6.07) is 1.88. The zero-order chi connectivity index (χ0) is 16.3. The molecular formula is C16H21N4O2+. The molecule has 0 aromatic heterocycles. The highest BCUT2D eigenvalue weighted by molar-refractivity contribution is 6.09. The van der Waals surface area contributed by atoms with Gasteiger partial charge in [-0.2, -0.15) is 5.26 Å². The van der Waals surface area contributed by atoms with Crippen LogP contribution in [0, 0.1) is 17.2 Å². The Morgan fingerprint density at radius 1 is 1.50 bits per heavy atom. The highest BCUT2D eigenvalue weighted by Gasteiger charge is 2.49. The largest absolute Gasteiger partial charge is 0.339 e. The van der Waals surface area contributed by atoms with Crippen LogP contribution in [0.25, 0.3) is 0 Å². The predicted octanol–water partition coefficient (Wildman–Crippen LogP) is 2.31. The number of rotatable bonds is 6. The van der Waals surface area contributed by atoms with Gasteiger partial charge in [-0.25, -0.2) is 4.79 Å². The molecule has 2 rings (SSSR count). The van der Waals surface area contributed by atoms with Gasteiger partial charge in [0, 0.05) is 12.8 Å². The van der Waals surface area contributed by atoms with Crippen molar-refractivity contribution >= 4 is 18.0 Å². The van der Waals surface area contributed by atoms with Crippen molar-refractivity contribution in [2.75, 3.05) is 0 Å². The maximum Gasteiger partial charge on any atom is 0.339 e. The number of amides is 1. The fourth-order valence-electron chi connectivity index (χ4n) is 2.86. The van der Waals surface area contributed by atoms with E-state index in [1.54, 1.807) is 6.92 Å². The highest BCUT2D eigenvalue weighted by Crippen LogP contribution is 2.35. The second-order valence-corrected chi connectivity index (χ2v) is 5.61. The number of hydrogen-bond donors (Lipinski definition) is 1. The van der Waals surface area contributed by atoms with E-state index >= 15 is 0 Å². The van der Waals surface area contributed by atoms with Crippen molar-refractivity contribution in [2.45, 2.75) is 46.5 Å². The molecule has 2 unspecified atom stereocenters. The Balaban J connectivity index is 2.46. The fourth-order valence-corrected chi connectivity index (χ4v) is 2.86. The van der Waals surface area contributed by atoms with Crippen LogP contribution in [0.1, 0.15) is 46.5 Å². The van der Waals surface area contributed by atoms with Crippen molar-refractivity contribution in [2.24, 2.45) is 11.0 Å². The van der Waals surface area contributed by atoms with Crippen LogP contribution in [-0.4, -0.2) is 22.6 Å². The lowest BCUT2D eigenvalue weighted by atomic mass is 9.98. The van der Waals surface area contributed by atoms with Gasteiger partial charge in [-0.1, -0.05) is 31.3 Å². The minimum absolute atomic E-state index is 0.00995. The van der Waals surface area contributed by atoms with E-state index in [0.717, 1.165) is 31.5 Å². The van der Waals surface area contributed by atoms with E-state index in [1.807, 2.05) is 6.07 Å². The Morgan fingerprint density at radius 3 is 2.77 bits per heavy atom. The van der Waals surface area contributed by atoms with Gasteiger partial charge < -0.3 is 0 Å². The molecule has 116 valence electrons. The van der Waals surface area contributed by atoms with Gasteiger partial charge in [-0.3, -0.25) is 10.1 Å². The second kappa shape index (κ2) is 6.24. The molecule has 1 N–H and O–H groups in total. The molecule has 2 aliphatic heterocycles. The summed E-state index contributed by atoms with van der Waals surface area (Å²) in [6.45, 7) is 5.82. The average molecular weight is 301 g/mol. The Labute approximate surface area is 130 Å². The van der Waals surface area contributed by atoms with E-state index in [9.17, 15) is 9.59 Å². The first-order valence-electron chi connectivity index (χ1n) is 7.64. The second-order valence-electron chi connectivity index (χ2n) is 5.61. The molecule has 2 aliphatic rings. The lowest BCUT2D eigenvalue weighted by Gasteiger charge is -2.24. The summed E-state index contributed by atoms with van der Waals surface area (Å²) in [5, 5.41) is 16.8. The van der Waals surface area contributed by atoms with E-state index in [-0.39, 0.29) is 17.3 Å². The summed E-state index contributed by atoms with van der Waals surface area (Å²) in [4.78, 5) is 23.7. The molecule has 0 fully saturated rings. The topological polar surface area (TPSA) is 82.3 Å². The number of amidine groups is 1. The summed E-state index contributed by atoms with van der Waals surface area (Å²) in [6.07, 6.45) is 6.03. The molecule has 22 heavy (non-hydrogen) atoms. The van der Waals surface area contributed by atoms with Gasteiger partial charge in [0.15, 0.2) is 17.1 Å². The van der Waals surface area contributed by atoms with E-state index in [0.29, 0.717) is 17.9 Å². The molecule has 6 nitrogen and oxygen atoms in total. The summed E-state index contributed by atoms with van der Waals surface area (Å²) in [7, 11) is 0. The molecule has 1 amide bonds. The van der Waals surface area contributed by atoms with Crippen LogP contribution in [0.5, 0.6) is 0 Å². The minimum Gasteiger partial charge on any atom is -0.291 e. The number of nitrogens with one attached hydrogen (secondary N) is 1. The third kappa shape index (κ3) is 2.38. The normalized spacial score (nSPS) is 24.9. The standard InChI is InChI=1S/C16H20N4O2/c1-4-6-7-12(5-2)16-18-15-8-14(22)13(9-17)11(3)20(15,10-21)19-16/h8,10,12H,4-7H2,1-3H3/p+1. The zero-order valence-electron chi connectivity index (χ0n) is 13.2. The zero-order valence-corrected chi connectivity index (χ0v) is 13.2. The Bertz CT molecular complexity index is 639. The molecular weight excluding hydrogens is 280 g/mol. The van der Waals surface area contributed by atoms with Gasteiger partial charge in [0.2, 0.25) is 11.6 Å². The van der Waals surface area contributed by atoms with Crippen molar-refractivity contribution in [3.05, 3.63) is 23.2 Å². The number of quaternary nitrogens is 1. The molecule has 0 aliphatic carbocycles. The number of fused-ring (bicyclic) bond motifs is 1. The van der Waals surface area contributed by atoms with Crippen molar-refractivity contribution in [1.29, 1.82) is 5.26 Å². The van der Waals surface area contributed by atoms with Crippen molar-refractivity contribution in [3.63, 3.8) is 0 Å². The van der Waals surface area contributed by atoms with Crippen molar-refractivity contribution < 1.29 is 14.2 Å². The Kier molecular flexibility index (Phi) is 4.57. The molecule has 0 spiro atoms. The number of carbonyl (C=O) groups is 2. The average Bonchev–Trinajstić information content (AvgIpc) is 2.88. The Hall–Kier alpha value is -2.26. The number of carbonyl (C=O) groups excluding carboxylic acids is 2. The van der Waals surface area contributed by atoms with Gasteiger partial charge >= 0.3 is 6.41 Å². The van der Waals surface area contributed by atoms with Gasteiger partial charge in [0.1, 0.15) is 6.07 Å². The first-order chi connectivity index (χ1) is 10.5. The smallest absolute Gasteiger partial charge is 0.291 e. The summed E-state index contributed by atoms with van der Waals surface area (Å²) in [5.74, 6) is 0.980. The first kappa shape index (κ1) is 16.1. The molecule has 0 aromatic carbocycles. The van der Waals surface area contributed by atoms with Gasteiger partial charge in [-0.15, -0.1) is 0 Å². The molecule has 0 saturated carbocycles. The lowest BCUT2D eigenvalue weighted by molar-refractivity contribution is -0.772. The van der Waals surface area contributed by atoms with Crippen LogP contribution in [0.3, 0.4) is 0 Å². The maximum absolute atomic E-state index is 12.0. The third-order valence-electron chi connectivity index (χ3n) is 4.33. The SMILES string of the molecule is CCCCC(CC)C1=N[N+]2(C=O)C(=CC(=O)C(C#N)=C2C)N1. The number of hydrogen-bond acceptors (Lipinski definition) is 5. The lowest BCUT2D eigenvalue weighted by Crippen LogP contribution is -2.42. The maximum atomic E-state index is 12.0. The van der Waals surface area contributed by atoms with Crippen molar-refractivity contribution in [1.82, 2.24) is 5.32 Å². The monoisotopic (exact) mass is 301 g/mol. The molecule has 0 saturated heterocycles. The van der Waals surface area contributed by atoms with Crippen LogP contribution in [0.4, 0.5) is 0 Å². The van der Waals surface area contributed by atoms with E-state index in [2.05, 4.69) is 24.3 Å². The number of unbranched alkanes of at least 4 members (excludes halogenated alkanes) is 1. The van der Waals surface area contributed by atoms with Crippen LogP contribution < -0.4 is 5.32 Å². The summed E-state index contributed by atoms with van der Waals surface area (Å²) < 4.78 is -0.438. The van der Waals surface area contributed by atoms with Crippen LogP contribution >= 0.6 is 0 Å². The molecule has 2 atom stereocenters. The fraction of sp³-hybridized carbons (Fsp3) is 0.500. The summed E-state index contributed by atoms with van der Waals surface area (Å²) in [5.41, 5.74) is 0.345. The number of nitrogens with zero attached hydrogens (tertiary/aromatic N) is 3. The van der Waals surface area contributed by atoms with Crippen LogP contribution in [0.15, 0.2) is 28.3 Å². The summed E-state index contributed by atoms with van der Waals surface area (Å²) >= 11 is 0. The van der Waals surface area contributed by atoms with E-state index in [4.69, 9.17) is 5.26 Å². The van der Waals surface area contributed by atoms with Gasteiger partial charge in [-0.05, 0) is 17.9 Å². The number of ketones is 1. The quantitative estimate of drug-likeness (QED) is 0.603. The predicted molar refractivity (Wildman–Crippen MR) is 81.6 cm³/mol. The van der Waals surface area contributed by atoms with Gasteiger partial charge in [0.25, 0.3) is 0 Å². The van der Waals surface area contributed by atoms with E-state index < -0.39 is 4.59 Å². The third-order valence-corrected chi connectivity index (χ3v) is 4.33. The van der Waals surface area contributed by atoms with Crippen LogP contribution in [-0.2, 0) is 9.59 Å². The minimum atomic E-state index is -0.438.